The Bertz CT molecular complexity index is 840. The van der Waals surface area contributed by atoms with Crippen LogP contribution in [0.3, 0.4) is 0 Å². The van der Waals surface area contributed by atoms with E-state index in [4.69, 9.17) is 19.9 Å². The summed E-state index contributed by atoms with van der Waals surface area (Å²) in [4.78, 5) is 28.4. The molecule has 3 rings (SSSR count). The van der Waals surface area contributed by atoms with E-state index in [9.17, 15) is 9.59 Å². The second-order valence-corrected chi connectivity index (χ2v) is 10.4. The highest BCUT2D eigenvalue weighted by atomic mass is 16.6. The molecule has 0 radical (unpaired) electrons. The lowest BCUT2D eigenvalue weighted by Crippen LogP contribution is -2.49. The lowest BCUT2D eigenvalue weighted by atomic mass is 9.99. The first-order chi connectivity index (χ1) is 17.4. The zero-order chi connectivity index (χ0) is 25.9. The smallest absolute Gasteiger partial charge is 0.323 e. The Morgan fingerprint density at radius 3 is 2.44 bits per heavy atom. The number of carbonyl (C=O) groups excluding carboxylic acids is 2. The van der Waals surface area contributed by atoms with E-state index < -0.39 is 24.2 Å². The van der Waals surface area contributed by atoms with Gasteiger partial charge in [-0.25, -0.2) is 0 Å². The van der Waals surface area contributed by atoms with Gasteiger partial charge in [-0.05, 0) is 56.0 Å². The number of likely N-dealkylation sites (tertiary alicyclic amines) is 1. The van der Waals surface area contributed by atoms with Crippen molar-refractivity contribution in [1.29, 1.82) is 0 Å². The Morgan fingerprint density at radius 1 is 1.06 bits per heavy atom. The van der Waals surface area contributed by atoms with Crippen LogP contribution in [0.1, 0.15) is 83.8 Å². The van der Waals surface area contributed by atoms with Gasteiger partial charge in [-0.1, -0.05) is 52.5 Å². The summed E-state index contributed by atoms with van der Waals surface area (Å²) in [6.45, 7) is 9.48. The van der Waals surface area contributed by atoms with Crippen LogP contribution < -0.4 is 20.5 Å². The fourth-order valence-electron chi connectivity index (χ4n) is 4.72. The molecule has 1 fully saturated rings. The number of rotatable bonds is 14. The van der Waals surface area contributed by atoms with Gasteiger partial charge in [0.2, 0.25) is 5.91 Å². The highest BCUT2D eigenvalue weighted by Crippen LogP contribution is 2.35. The van der Waals surface area contributed by atoms with E-state index in [0.29, 0.717) is 37.7 Å². The molecule has 0 bridgehead atoms. The minimum absolute atomic E-state index is 0.0116. The van der Waals surface area contributed by atoms with Gasteiger partial charge in [0.1, 0.15) is 25.4 Å². The first-order valence-electron chi connectivity index (χ1n) is 13.8. The molecule has 3 N–H and O–H groups in total. The number of esters is 1. The summed E-state index contributed by atoms with van der Waals surface area (Å²) in [6, 6.07) is 4.44. The molecular formula is C28H45N3O5. The molecule has 36 heavy (non-hydrogen) atoms. The Labute approximate surface area is 216 Å². The van der Waals surface area contributed by atoms with Crippen LogP contribution in [0.2, 0.25) is 0 Å². The molecule has 1 aromatic carbocycles. The molecule has 1 aromatic rings. The fourth-order valence-corrected chi connectivity index (χ4v) is 4.72. The summed E-state index contributed by atoms with van der Waals surface area (Å²) in [5, 5.41) is 3.22. The first kappa shape index (κ1) is 28.3. The highest BCUT2D eigenvalue weighted by Gasteiger charge is 2.33. The normalized spacial score (nSPS) is 18.0. The predicted molar refractivity (Wildman–Crippen MR) is 140 cm³/mol. The van der Waals surface area contributed by atoms with Crippen molar-refractivity contribution < 1.29 is 23.8 Å². The molecule has 202 valence electrons. The molecule has 8 nitrogen and oxygen atoms in total. The maximum Gasteiger partial charge on any atom is 0.323 e. The van der Waals surface area contributed by atoms with Crippen molar-refractivity contribution in [3.05, 3.63) is 23.8 Å². The van der Waals surface area contributed by atoms with Crippen LogP contribution in [0.15, 0.2) is 18.2 Å². The Hall–Kier alpha value is -2.32. The van der Waals surface area contributed by atoms with Crippen LogP contribution >= 0.6 is 0 Å². The summed E-state index contributed by atoms with van der Waals surface area (Å²) in [5.41, 5.74) is 6.91. The predicted octanol–water partition coefficient (Wildman–Crippen LogP) is 3.97. The van der Waals surface area contributed by atoms with E-state index in [1.165, 1.54) is 12.8 Å². The number of hydrogen-bond acceptors (Lipinski definition) is 7. The SMILES string of the molecule is CCCCCCCC(=O)N[C@H](CN1CCCC1)[C@H](OC(=O)[C@@H](N)C(C)C)c1ccc2c(c1)OCCO2. The number of nitrogens with one attached hydrogen (secondary N) is 1. The van der Waals surface area contributed by atoms with Gasteiger partial charge >= 0.3 is 5.97 Å². The zero-order valence-corrected chi connectivity index (χ0v) is 22.3. The van der Waals surface area contributed by atoms with E-state index in [0.717, 1.165) is 50.8 Å². The molecule has 2 heterocycles. The molecular weight excluding hydrogens is 458 g/mol. The molecule has 0 spiro atoms. The number of hydrogen-bond donors (Lipinski definition) is 2. The van der Waals surface area contributed by atoms with Gasteiger partial charge in [-0.3, -0.25) is 9.59 Å². The maximum absolute atomic E-state index is 13.0. The van der Waals surface area contributed by atoms with Gasteiger partial charge in [-0.15, -0.1) is 0 Å². The second-order valence-electron chi connectivity index (χ2n) is 10.4. The number of benzene rings is 1. The van der Waals surface area contributed by atoms with Crippen molar-refractivity contribution in [1.82, 2.24) is 10.2 Å². The number of ether oxygens (including phenoxy) is 3. The van der Waals surface area contributed by atoms with Crippen LogP contribution in [0.5, 0.6) is 11.5 Å². The largest absolute Gasteiger partial charge is 0.486 e. The number of carbonyl (C=O) groups is 2. The summed E-state index contributed by atoms with van der Waals surface area (Å²) < 4.78 is 17.6. The second kappa shape index (κ2) is 14.4. The molecule has 8 heteroatoms. The fraction of sp³-hybridized carbons (Fsp3) is 0.714. The van der Waals surface area contributed by atoms with Crippen molar-refractivity contribution in [2.24, 2.45) is 11.7 Å². The van der Waals surface area contributed by atoms with E-state index in [-0.39, 0.29) is 11.8 Å². The number of unbranched alkanes of at least 4 members (excludes halogenated alkanes) is 4. The van der Waals surface area contributed by atoms with Gasteiger partial charge in [0.25, 0.3) is 0 Å². The molecule has 0 aliphatic carbocycles. The van der Waals surface area contributed by atoms with E-state index in [1.54, 1.807) is 0 Å². The highest BCUT2D eigenvalue weighted by molar-refractivity contribution is 5.77. The van der Waals surface area contributed by atoms with E-state index >= 15 is 0 Å². The summed E-state index contributed by atoms with van der Waals surface area (Å²) >= 11 is 0. The van der Waals surface area contributed by atoms with Gasteiger partial charge in [-0.2, -0.15) is 0 Å². The van der Waals surface area contributed by atoms with Crippen molar-refractivity contribution in [2.45, 2.75) is 90.3 Å². The lowest BCUT2D eigenvalue weighted by molar-refractivity contribution is -0.155. The Morgan fingerprint density at radius 2 is 1.75 bits per heavy atom. The number of nitrogens with two attached hydrogens (primary N) is 1. The number of fused-ring (bicyclic) bond motifs is 1. The standard InChI is InChI=1S/C28H45N3O5/c1-4-5-6-7-8-11-25(32)30-22(19-31-14-9-10-15-31)27(36-28(33)26(29)20(2)3)21-12-13-23-24(18-21)35-17-16-34-23/h12-13,18,20,22,26-27H,4-11,14-17,19,29H2,1-3H3,(H,30,32)/t22-,26+,27-/m1/s1. The number of nitrogens with zero attached hydrogens (tertiary/aromatic N) is 1. The van der Waals surface area contributed by atoms with Crippen LogP contribution in [0.4, 0.5) is 0 Å². The first-order valence-corrected chi connectivity index (χ1v) is 13.8. The van der Waals surface area contributed by atoms with E-state index in [2.05, 4.69) is 17.1 Å². The zero-order valence-electron chi connectivity index (χ0n) is 22.3. The summed E-state index contributed by atoms with van der Waals surface area (Å²) in [6.07, 6.45) is 7.44. The van der Waals surface area contributed by atoms with Crippen LogP contribution in [0, 0.1) is 5.92 Å². The molecule has 1 saturated heterocycles. The Balaban J connectivity index is 1.83. The molecule has 3 atom stereocenters. The van der Waals surface area contributed by atoms with Gasteiger partial charge in [0.05, 0.1) is 6.04 Å². The quantitative estimate of drug-likeness (QED) is 0.292. The third-order valence-corrected chi connectivity index (χ3v) is 7.00. The van der Waals surface area contributed by atoms with Crippen LogP contribution in [-0.2, 0) is 14.3 Å². The third-order valence-electron chi connectivity index (χ3n) is 7.00. The molecule has 2 aliphatic heterocycles. The summed E-state index contributed by atoms with van der Waals surface area (Å²) in [7, 11) is 0. The average Bonchev–Trinajstić information content (AvgIpc) is 3.39. The van der Waals surface area contributed by atoms with Crippen molar-refractivity contribution in [2.75, 3.05) is 32.8 Å². The van der Waals surface area contributed by atoms with Crippen molar-refractivity contribution in [3.8, 4) is 11.5 Å². The van der Waals surface area contributed by atoms with Crippen LogP contribution in [-0.4, -0.2) is 61.7 Å². The lowest BCUT2D eigenvalue weighted by Gasteiger charge is -2.33. The number of amides is 1. The van der Waals surface area contributed by atoms with Crippen LogP contribution in [0.25, 0.3) is 0 Å². The topological polar surface area (TPSA) is 103 Å². The molecule has 0 aromatic heterocycles. The molecule has 2 aliphatic rings. The molecule has 0 unspecified atom stereocenters. The Kier molecular flexibility index (Phi) is 11.3. The minimum atomic E-state index is -0.744. The summed E-state index contributed by atoms with van der Waals surface area (Å²) in [5.74, 6) is 0.747. The minimum Gasteiger partial charge on any atom is -0.486 e. The van der Waals surface area contributed by atoms with Gasteiger partial charge in [0, 0.05) is 13.0 Å². The molecule has 0 saturated carbocycles. The van der Waals surface area contributed by atoms with Gasteiger partial charge in [0.15, 0.2) is 11.5 Å². The maximum atomic E-state index is 13.0. The van der Waals surface area contributed by atoms with Crippen molar-refractivity contribution in [3.63, 3.8) is 0 Å². The monoisotopic (exact) mass is 503 g/mol. The molecule has 1 amide bonds. The average molecular weight is 504 g/mol. The van der Waals surface area contributed by atoms with E-state index in [1.807, 2.05) is 32.0 Å². The van der Waals surface area contributed by atoms with Crippen molar-refractivity contribution >= 4 is 11.9 Å². The third kappa shape index (κ3) is 8.37. The van der Waals surface area contributed by atoms with Gasteiger partial charge < -0.3 is 30.2 Å².